The lowest BCUT2D eigenvalue weighted by atomic mass is 10.0. The molecule has 0 atom stereocenters. The first-order chi connectivity index (χ1) is 14.3. The number of nitrogens with zero attached hydrogens (tertiary/aromatic N) is 2. The van der Waals surface area contributed by atoms with Gasteiger partial charge in [-0.15, -0.1) is 0 Å². The van der Waals surface area contributed by atoms with Crippen molar-refractivity contribution >= 4 is 29.2 Å². The molecule has 3 rings (SSSR count). The van der Waals surface area contributed by atoms with Gasteiger partial charge in [0.25, 0.3) is 11.8 Å². The number of halogens is 1. The van der Waals surface area contributed by atoms with Gasteiger partial charge in [-0.2, -0.15) is 0 Å². The molecule has 2 N–H and O–H groups in total. The fraction of sp³-hybridized carbons (Fsp3) is 0.391. The molecule has 2 aromatic rings. The van der Waals surface area contributed by atoms with Gasteiger partial charge < -0.3 is 20.1 Å². The second kappa shape index (κ2) is 8.83. The average molecular weight is 413 g/mol. The van der Waals surface area contributed by atoms with Crippen LogP contribution in [0.25, 0.3) is 11.6 Å². The number of likely N-dealkylation sites (N-methyl/N-ethyl adjacent to an activating group) is 1. The number of benzene rings is 1. The molecule has 2 heterocycles. The number of rotatable bonds is 7. The molecule has 1 aromatic carbocycles. The molecule has 6 nitrogen and oxygen atoms in total. The maximum atomic E-state index is 13.7. The SMILES string of the molecule is CCN(CC)CCNC(=O)c1c(C)c(/C=C2\C(=O)Nc3ccc(F)cc32)n(C)c1C. The van der Waals surface area contributed by atoms with Gasteiger partial charge >= 0.3 is 0 Å². The summed E-state index contributed by atoms with van der Waals surface area (Å²) in [4.78, 5) is 27.6. The Kier molecular flexibility index (Phi) is 6.41. The smallest absolute Gasteiger partial charge is 0.256 e. The molecule has 0 spiro atoms. The largest absolute Gasteiger partial charge is 0.351 e. The van der Waals surface area contributed by atoms with Gasteiger partial charge in [-0.05, 0) is 56.8 Å². The summed E-state index contributed by atoms with van der Waals surface area (Å²) >= 11 is 0. The van der Waals surface area contributed by atoms with Crippen LogP contribution in [0.15, 0.2) is 18.2 Å². The Morgan fingerprint density at radius 2 is 1.97 bits per heavy atom. The predicted octanol–water partition coefficient (Wildman–Crippen LogP) is 3.35. The van der Waals surface area contributed by atoms with Gasteiger partial charge in [0.15, 0.2) is 0 Å². The molecular weight excluding hydrogens is 383 g/mol. The van der Waals surface area contributed by atoms with Crippen molar-refractivity contribution in [1.29, 1.82) is 0 Å². The number of fused-ring (bicyclic) bond motifs is 1. The van der Waals surface area contributed by atoms with Crippen molar-refractivity contribution in [2.24, 2.45) is 7.05 Å². The van der Waals surface area contributed by atoms with Gasteiger partial charge in [-0.3, -0.25) is 9.59 Å². The molecule has 0 saturated carbocycles. The van der Waals surface area contributed by atoms with Crippen molar-refractivity contribution in [2.45, 2.75) is 27.7 Å². The summed E-state index contributed by atoms with van der Waals surface area (Å²) in [6, 6.07) is 4.23. The lowest BCUT2D eigenvalue weighted by Gasteiger charge is -2.18. The zero-order valence-electron chi connectivity index (χ0n) is 18.2. The van der Waals surface area contributed by atoms with E-state index in [0.29, 0.717) is 28.9 Å². The number of carbonyl (C=O) groups excluding carboxylic acids is 2. The topological polar surface area (TPSA) is 66.4 Å². The predicted molar refractivity (Wildman–Crippen MR) is 118 cm³/mol. The third-order valence-corrected chi connectivity index (χ3v) is 5.87. The van der Waals surface area contributed by atoms with Crippen molar-refractivity contribution in [2.75, 3.05) is 31.5 Å². The fourth-order valence-corrected chi connectivity index (χ4v) is 3.94. The molecule has 2 amide bonds. The highest BCUT2D eigenvalue weighted by atomic mass is 19.1. The van der Waals surface area contributed by atoms with Crippen molar-refractivity contribution in [3.8, 4) is 0 Å². The molecule has 7 heteroatoms. The number of carbonyl (C=O) groups is 2. The Labute approximate surface area is 176 Å². The molecule has 1 aromatic heterocycles. The third kappa shape index (κ3) is 4.03. The van der Waals surface area contributed by atoms with E-state index in [1.54, 1.807) is 12.1 Å². The standard InChI is InChI=1S/C23H29FN4O2/c1-6-28(7-2)11-10-25-23(30)21-14(3)20(27(5)15(21)4)13-18-17-12-16(24)8-9-19(17)26-22(18)29/h8-9,12-13H,6-7,10-11H2,1-5H3,(H,25,30)(H,26,29)/b18-13-. The van der Waals surface area contributed by atoms with Crippen LogP contribution in [0.4, 0.5) is 10.1 Å². The summed E-state index contributed by atoms with van der Waals surface area (Å²) in [5.74, 6) is -0.803. The fourth-order valence-electron chi connectivity index (χ4n) is 3.94. The van der Waals surface area contributed by atoms with Crippen LogP contribution >= 0.6 is 0 Å². The molecule has 1 aliphatic heterocycles. The van der Waals surface area contributed by atoms with E-state index in [1.807, 2.05) is 25.5 Å². The van der Waals surface area contributed by atoms with Gasteiger partial charge in [-0.1, -0.05) is 13.8 Å². The summed E-state index contributed by atoms with van der Waals surface area (Å²) < 4.78 is 15.6. The summed E-state index contributed by atoms with van der Waals surface area (Å²) in [5.41, 5.74) is 4.49. The Morgan fingerprint density at radius 3 is 2.63 bits per heavy atom. The Morgan fingerprint density at radius 1 is 1.27 bits per heavy atom. The lowest BCUT2D eigenvalue weighted by molar-refractivity contribution is -0.110. The molecule has 0 bridgehead atoms. The van der Waals surface area contributed by atoms with E-state index in [4.69, 9.17) is 0 Å². The minimum absolute atomic E-state index is 0.125. The monoisotopic (exact) mass is 412 g/mol. The van der Waals surface area contributed by atoms with Gasteiger partial charge in [0.1, 0.15) is 5.82 Å². The van der Waals surface area contributed by atoms with Crippen LogP contribution in [-0.2, 0) is 11.8 Å². The summed E-state index contributed by atoms with van der Waals surface area (Å²) in [6.45, 7) is 11.2. The van der Waals surface area contributed by atoms with Crippen LogP contribution < -0.4 is 10.6 Å². The van der Waals surface area contributed by atoms with Crippen LogP contribution in [0, 0.1) is 19.7 Å². The van der Waals surface area contributed by atoms with E-state index >= 15 is 0 Å². The van der Waals surface area contributed by atoms with E-state index in [2.05, 4.69) is 29.4 Å². The third-order valence-electron chi connectivity index (χ3n) is 5.87. The molecule has 0 aliphatic carbocycles. The van der Waals surface area contributed by atoms with Gasteiger partial charge in [0.05, 0.1) is 11.1 Å². The number of aromatic nitrogens is 1. The highest BCUT2D eigenvalue weighted by Crippen LogP contribution is 2.35. The van der Waals surface area contributed by atoms with E-state index < -0.39 is 5.82 Å². The summed E-state index contributed by atoms with van der Waals surface area (Å²) in [6.07, 6.45) is 1.73. The first kappa shape index (κ1) is 21.8. The van der Waals surface area contributed by atoms with Crippen molar-refractivity contribution in [1.82, 2.24) is 14.8 Å². The zero-order chi connectivity index (χ0) is 22.0. The second-order valence-corrected chi connectivity index (χ2v) is 7.51. The van der Waals surface area contributed by atoms with Crippen LogP contribution in [0.3, 0.4) is 0 Å². The summed E-state index contributed by atoms with van der Waals surface area (Å²) in [7, 11) is 1.86. The zero-order valence-corrected chi connectivity index (χ0v) is 18.2. The van der Waals surface area contributed by atoms with Crippen molar-refractivity contribution in [3.05, 3.63) is 52.1 Å². The van der Waals surface area contributed by atoms with Crippen LogP contribution in [0.2, 0.25) is 0 Å². The molecule has 0 radical (unpaired) electrons. The normalized spacial score (nSPS) is 14.4. The van der Waals surface area contributed by atoms with Crippen molar-refractivity contribution < 1.29 is 14.0 Å². The number of anilines is 1. The van der Waals surface area contributed by atoms with Gasteiger partial charge in [0, 0.05) is 42.8 Å². The second-order valence-electron chi connectivity index (χ2n) is 7.51. The summed E-state index contributed by atoms with van der Waals surface area (Å²) in [5, 5.41) is 5.76. The van der Waals surface area contributed by atoms with Gasteiger partial charge in [-0.25, -0.2) is 4.39 Å². The Balaban J connectivity index is 1.90. The Hall–Kier alpha value is -2.93. The molecule has 160 valence electrons. The minimum Gasteiger partial charge on any atom is -0.351 e. The molecule has 0 saturated heterocycles. The minimum atomic E-state index is -0.399. The number of nitrogens with one attached hydrogen (secondary N) is 2. The molecule has 1 aliphatic rings. The average Bonchev–Trinajstić information content (AvgIpc) is 3.13. The van der Waals surface area contributed by atoms with Crippen molar-refractivity contribution in [3.63, 3.8) is 0 Å². The quantitative estimate of drug-likeness (QED) is 0.686. The van der Waals surface area contributed by atoms with Crippen LogP contribution in [0.1, 0.15) is 46.7 Å². The maximum Gasteiger partial charge on any atom is 0.256 e. The lowest BCUT2D eigenvalue weighted by Crippen LogP contribution is -2.35. The van der Waals surface area contributed by atoms with Gasteiger partial charge in [0.2, 0.25) is 0 Å². The van der Waals surface area contributed by atoms with Crippen LogP contribution in [-0.4, -0.2) is 47.5 Å². The maximum absolute atomic E-state index is 13.7. The highest BCUT2D eigenvalue weighted by Gasteiger charge is 2.27. The highest BCUT2D eigenvalue weighted by molar-refractivity contribution is 6.35. The van der Waals surface area contributed by atoms with E-state index in [0.717, 1.165) is 36.6 Å². The number of amides is 2. The molecule has 0 unspecified atom stereocenters. The number of hydrogen-bond donors (Lipinski definition) is 2. The molecular formula is C23H29FN4O2. The molecule has 0 fully saturated rings. The van der Waals surface area contributed by atoms with E-state index in [9.17, 15) is 14.0 Å². The molecule has 30 heavy (non-hydrogen) atoms. The Bertz CT molecular complexity index is 1020. The first-order valence-corrected chi connectivity index (χ1v) is 10.3. The van der Waals surface area contributed by atoms with Crippen LogP contribution in [0.5, 0.6) is 0 Å². The number of hydrogen-bond acceptors (Lipinski definition) is 3. The first-order valence-electron chi connectivity index (χ1n) is 10.3. The van der Waals surface area contributed by atoms with E-state index in [-0.39, 0.29) is 11.8 Å². The van der Waals surface area contributed by atoms with E-state index in [1.165, 1.54) is 12.1 Å².